The number of fused-ring (bicyclic) bond motifs is 1. The molecule has 76 valence electrons. The van der Waals surface area contributed by atoms with Crippen LogP contribution in [0.3, 0.4) is 0 Å². The van der Waals surface area contributed by atoms with Crippen molar-refractivity contribution < 1.29 is 13.9 Å². The third-order valence-electron chi connectivity index (χ3n) is 2.39. The molecule has 1 aliphatic rings. The number of methoxy groups -OCH3 is 1. The van der Waals surface area contributed by atoms with Crippen LogP contribution in [-0.4, -0.2) is 19.3 Å². The smallest absolute Gasteiger partial charge is 0.134 e. The van der Waals surface area contributed by atoms with Crippen molar-refractivity contribution in [2.75, 3.05) is 13.7 Å². The monoisotopic (exact) mass is 196 g/mol. The molecule has 1 aromatic carbocycles. The van der Waals surface area contributed by atoms with Gasteiger partial charge in [0, 0.05) is 19.1 Å². The summed E-state index contributed by atoms with van der Waals surface area (Å²) in [5, 5.41) is 0. The standard InChI is InChI=1S/C11H13FO2/c1-11(7-13-2)6-8-5-9(12)3-4-10(8)14-11/h3-5H,6-7H2,1-2H3. The summed E-state index contributed by atoms with van der Waals surface area (Å²) in [6, 6.07) is 4.61. The number of rotatable bonds is 2. The highest BCUT2D eigenvalue weighted by molar-refractivity contribution is 5.39. The predicted octanol–water partition coefficient (Wildman–Crippen LogP) is 2.17. The van der Waals surface area contributed by atoms with E-state index < -0.39 is 0 Å². The first kappa shape index (κ1) is 9.46. The highest BCUT2D eigenvalue weighted by Gasteiger charge is 2.34. The van der Waals surface area contributed by atoms with Gasteiger partial charge in [-0.1, -0.05) is 0 Å². The summed E-state index contributed by atoms with van der Waals surface area (Å²) in [5.74, 6) is 0.556. The Balaban J connectivity index is 2.25. The minimum absolute atomic E-state index is 0.214. The Morgan fingerprint density at radius 3 is 3.07 bits per heavy atom. The fraction of sp³-hybridized carbons (Fsp3) is 0.455. The van der Waals surface area contributed by atoms with Crippen LogP contribution in [0.4, 0.5) is 4.39 Å². The molecular formula is C11H13FO2. The Bertz CT molecular complexity index is 351. The van der Waals surface area contributed by atoms with Crippen LogP contribution < -0.4 is 4.74 Å². The van der Waals surface area contributed by atoms with Crippen LogP contribution in [0.5, 0.6) is 5.75 Å². The summed E-state index contributed by atoms with van der Waals surface area (Å²) < 4.78 is 23.7. The number of ether oxygens (including phenoxy) is 2. The molecule has 0 bridgehead atoms. The van der Waals surface area contributed by atoms with Gasteiger partial charge >= 0.3 is 0 Å². The third kappa shape index (κ3) is 1.60. The summed E-state index contributed by atoms with van der Waals surface area (Å²) >= 11 is 0. The lowest BCUT2D eigenvalue weighted by atomic mass is 10.0. The zero-order valence-corrected chi connectivity index (χ0v) is 8.34. The molecule has 2 rings (SSSR count). The Hall–Kier alpha value is -1.09. The second kappa shape index (κ2) is 3.24. The highest BCUT2D eigenvalue weighted by atomic mass is 19.1. The molecule has 0 aliphatic carbocycles. The van der Waals surface area contributed by atoms with E-state index >= 15 is 0 Å². The maximum Gasteiger partial charge on any atom is 0.134 e. The highest BCUT2D eigenvalue weighted by Crippen LogP contribution is 2.35. The molecule has 14 heavy (non-hydrogen) atoms. The molecule has 0 radical (unpaired) electrons. The number of benzene rings is 1. The average molecular weight is 196 g/mol. The summed E-state index contributed by atoms with van der Waals surface area (Å²) in [7, 11) is 1.64. The van der Waals surface area contributed by atoms with E-state index in [1.165, 1.54) is 12.1 Å². The van der Waals surface area contributed by atoms with E-state index in [9.17, 15) is 4.39 Å². The average Bonchev–Trinajstić information content (AvgIpc) is 2.40. The molecule has 0 aromatic heterocycles. The van der Waals surface area contributed by atoms with Gasteiger partial charge in [-0.3, -0.25) is 0 Å². The molecule has 1 aromatic rings. The van der Waals surface area contributed by atoms with Crippen molar-refractivity contribution in [2.45, 2.75) is 18.9 Å². The van der Waals surface area contributed by atoms with Gasteiger partial charge in [-0.2, -0.15) is 0 Å². The third-order valence-corrected chi connectivity index (χ3v) is 2.39. The lowest BCUT2D eigenvalue weighted by molar-refractivity contribution is 0.0205. The van der Waals surface area contributed by atoms with Crippen molar-refractivity contribution in [3.63, 3.8) is 0 Å². The summed E-state index contributed by atoms with van der Waals surface area (Å²) in [4.78, 5) is 0. The summed E-state index contributed by atoms with van der Waals surface area (Å²) in [6.45, 7) is 2.48. The summed E-state index contributed by atoms with van der Waals surface area (Å²) in [5.41, 5.74) is 0.578. The molecular weight excluding hydrogens is 183 g/mol. The van der Waals surface area contributed by atoms with Gasteiger partial charge in [-0.25, -0.2) is 4.39 Å². The molecule has 0 N–H and O–H groups in total. The van der Waals surface area contributed by atoms with Crippen molar-refractivity contribution in [3.05, 3.63) is 29.6 Å². The first-order valence-electron chi connectivity index (χ1n) is 4.59. The van der Waals surface area contributed by atoms with Crippen LogP contribution in [0.2, 0.25) is 0 Å². The van der Waals surface area contributed by atoms with E-state index in [0.29, 0.717) is 13.0 Å². The molecule has 0 amide bonds. The van der Waals surface area contributed by atoms with Crippen molar-refractivity contribution in [1.29, 1.82) is 0 Å². The van der Waals surface area contributed by atoms with Crippen LogP contribution >= 0.6 is 0 Å². The lowest BCUT2D eigenvalue weighted by Gasteiger charge is -2.22. The van der Waals surface area contributed by atoms with E-state index in [0.717, 1.165) is 11.3 Å². The zero-order valence-electron chi connectivity index (χ0n) is 8.34. The van der Waals surface area contributed by atoms with Crippen LogP contribution in [-0.2, 0) is 11.2 Å². The molecule has 1 aliphatic heterocycles. The molecule has 0 saturated heterocycles. The Morgan fingerprint density at radius 2 is 2.36 bits per heavy atom. The minimum Gasteiger partial charge on any atom is -0.485 e. The van der Waals surface area contributed by atoms with Crippen molar-refractivity contribution in [2.24, 2.45) is 0 Å². The quantitative estimate of drug-likeness (QED) is 0.721. The van der Waals surface area contributed by atoms with E-state index in [2.05, 4.69) is 0 Å². The SMILES string of the molecule is COCC1(C)Cc2cc(F)ccc2O1. The first-order chi connectivity index (χ1) is 6.63. The number of hydrogen-bond acceptors (Lipinski definition) is 2. The molecule has 1 atom stereocenters. The Labute approximate surface area is 82.6 Å². The molecule has 0 saturated carbocycles. The maximum absolute atomic E-state index is 12.9. The van der Waals surface area contributed by atoms with Gasteiger partial charge in [-0.05, 0) is 25.1 Å². The predicted molar refractivity (Wildman–Crippen MR) is 51.0 cm³/mol. The van der Waals surface area contributed by atoms with Gasteiger partial charge in [0.05, 0.1) is 6.61 Å². The molecule has 3 heteroatoms. The van der Waals surface area contributed by atoms with Gasteiger partial charge in [-0.15, -0.1) is 0 Å². The van der Waals surface area contributed by atoms with Crippen LogP contribution in [0.15, 0.2) is 18.2 Å². The van der Waals surface area contributed by atoms with Gasteiger partial charge in [0.2, 0.25) is 0 Å². The molecule has 0 fully saturated rings. The zero-order chi connectivity index (χ0) is 10.2. The Morgan fingerprint density at radius 1 is 1.57 bits per heavy atom. The van der Waals surface area contributed by atoms with Crippen molar-refractivity contribution >= 4 is 0 Å². The lowest BCUT2D eigenvalue weighted by Crippen LogP contribution is -2.35. The van der Waals surface area contributed by atoms with E-state index in [1.807, 2.05) is 6.92 Å². The van der Waals surface area contributed by atoms with Crippen molar-refractivity contribution in [1.82, 2.24) is 0 Å². The van der Waals surface area contributed by atoms with Gasteiger partial charge < -0.3 is 9.47 Å². The minimum atomic E-state index is -0.342. The second-order valence-corrected chi connectivity index (χ2v) is 3.91. The van der Waals surface area contributed by atoms with Crippen LogP contribution in [0, 0.1) is 5.82 Å². The van der Waals surface area contributed by atoms with Crippen molar-refractivity contribution in [3.8, 4) is 5.75 Å². The largest absolute Gasteiger partial charge is 0.485 e. The summed E-state index contributed by atoms with van der Waals surface area (Å²) in [6.07, 6.45) is 0.702. The van der Waals surface area contributed by atoms with Gasteiger partial charge in [0.25, 0.3) is 0 Å². The van der Waals surface area contributed by atoms with E-state index in [1.54, 1.807) is 13.2 Å². The van der Waals surface area contributed by atoms with Crippen LogP contribution in [0.25, 0.3) is 0 Å². The molecule has 1 heterocycles. The van der Waals surface area contributed by atoms with Gasteiger partial charge in [0.1, 0.15) is 17.2 Å². The normalized spacial score (nSPS) is 24.5. The van der Waals surface area contributed by atoms with E-state index in [4.69, 9.17) is 9.47 Å². The first-order valence-corrected chi connectivity index (χ1v) is 4.59. The van der Waals surface area contributed by atoms with Gasteiger partial charge in [0.15, 0.2) is 0 Å². The topological polar surface area (TPSA) is 18.5 Å². The molecule has 2 nitrogen and oxygen atoms in total. The molecule has 0 spiro atoms. The van der Waals surface area contributed by atoms with Crippen LogP contribution in [0.1, 0.15) is 12.5 Å². The fourth-order valence-electron chi connectivity index (χ4n) is 1.88. The number of halogens is 1. The molecule has 1 unspecified atom stereocenters. The number of hydrogen-bond donors (Lipinski definition) is 0. The Kier molecular flexibility index (Phi) is 2.19. The second-order valence-electron chi connectivity index (χ2n) is 3.91. The maximum atomic E-state index is 12.9. The van der Waals surface area contributed by atoms with E-state index in [-0.39, 0.29) is 11.4 Å². The fourth-order valence-corrected chi connectivity index (χ4v) is 1.88.